The van der Waals surface area contributed by atoms with E-state index in [0.29, 0.717) is 12.5 Å². The van der Waals surface area contributed by atoms with Crippen molar-refractivity contribution in [3.8, 4) is 0 Å². The second kappa shape index (κ2) is 7.52. The molecule has 2 saturated heterocycles. The molecule has 2 aromatic rings. The van der Waals surface area contributed by atoms with Gasteiger partial charge in [-0.25, -0.2) is 22.8 Å². The predicted molar refractivity (Wildman–Crippen MR) is 108 cm³/mol. The Balaban J connectivity index is 1.39. The lowest BCUT2D eigenvalue weighted by molar-refractivity contribution is -0.116. The maximum Gasteiger partial charge on any atom is 0.245 e. The number of ether oxygens (including phenoxy) is 1. The molecule has 0 bridgehead atoms. The molecular weight excluding hydrogens is 409 g/mol. The second-order valence-corrected chi connectivity index (χ2v) is 9.68. The summed E-state index contributed by atoms with van der Waals surface area (Å²) in [5.41, 5.74) is 0.568. The van der Waals surface area contributed by atoms with Gasteiger partial charge in [-0.1, -0.05) is 18.2 Å². The molecule has 3 aliphatic heterocycles. The zero-order valence-electron chi connectivity index (χ0n) is 16.5. The maximum absolute atomic E-state index is 15.6. The fraction of sp³-hybridized carbons (Fsp3) is 0.500. The van der Waals surface area contributed by atoms with Crippen LogP contribution >= 0.6 is 0 Å². The summed E-state index contributed by atoms with van der Waals surface area (Å²) in [6.07, 6.45) is 1.30. The van der Waals surface area contributed by atoms with Crippen LogP contribution in [0.3, 0.4) is 0 Å². The maximum atomic E-state index is 15.6. The van der Waals surface area contributed by atoms with Crippen molar-refractivity contribution in [1.29, 1.82) is 0 Å². The molecular formula is C20H24FN5O3S. The molecule has 0 aliphatic carbocycles. The number of benzene rings is 1. The fourth-order valence-corrected chi connectivity index (χ4v) is 6.23. The highest BCUT2D eigenvalue weighted by Crippen LogP contribution is 2.40. The van der Waals surface area contributed by atoms with Crippen molar-refractivity contribution >= 4 is 16.0 Å². The van der Waals surface area contributed by atoms with Gasteiger partial charge in [0.05, 0.1) is 23.7 Å². The molecule has 5 rings (SSSR count). The molecule has 0 radical (unpaired) electrons. The minimum absolute atomic E-state index is 0.0160. The van der Waals surface area contributed by atoms with Crippen LogP contribution in [-0.4, -0.2) is 67.4 Å². The molecule has 30 heavy (non-hydrogen) atoms. The van der Waals surface area contributed by atoms with Crippen LogP contribution in [0.2, 0.25) is 0 Å². The van der Waals surface area contributed by atoms with Crippen LogP contribution in [0.1, 0.15) is 17.7 Å². The van der Waals surface area contributed by atoms with Gasteiger partial charge < -0.3 is 15.0 Å². The smallest absolute Gasteiger partial charge is 0.245 e. The zero-order chi connectivity index (χ0) is 20.8. The molecule has 1 spiro atoms. The highest BCUT2D eigenvalue weighted by molar-refractivity contribution is 7.89. The van der Waals surface area contributed by atoms with E-state index in [1.165, 1.54) is 16.4 Å². The number of sulfonamides is 1. The number of rotatable bonds is 3. The van der Waals surface area contributed by atoms with E-state index in [2.05, 4.69) is 15.3 Å². The quantitative estimate of drug-likeness (QED) is 0.775. The number of halogens is 1. The topological polar surface area (TPSA) is 87.7 Å². The van der Waals surface area contributed by atoms with Gasteiger partial charge in [0.25, 0.3) is 0 Å². The first-order valence-corrected chi connectivity index (χ1v) is 11.6. The number of hydrogen-bond donors (Lipinski definition) is 1. The molecule has 8 nitrogen and oxygen atoms in total. The Bertz CT molecular complexity index is 1040. The zero-order valence-corrected chi connectivity index (χ0v) is 17.3. The fourth-order valence-electron chi connectivity index (χ4n) is 4.49. The van der Waals surface area contributed by atoms with Gasteiger partial charge in [0.15, 0.2) is 11.9 Å². The lowest BCUT2D eigenvalue weighted by Crippen LogP contribution is -2.62. The Morgan fingerprint density at radius 2 is 2.07 bits per heavy atom. The monoisotopic (exact) mass is 433 g/mol. The summed E-state index contributed by atoms with van der Waals surface area (Å²) < 4.78 is 49.0. The molecule has 1 N–H and O–H groups in total. The highest BCUT2D eigenvalue weighted by Gasteiger charge is 2.57. The average Bonchev–Trinajstić information content (AvgIpc) is 3.21. The van der Waals surface area contributed by atoms with E-state index >= 15 is 4.39 Å². The molecule has 2 unspecified atom stereocenters. The lowest BCUT2D eigenvalue weighted by atomic mass is 9.99. The first-order chi connectivity index (χ1) is 14.5. The number of fused-ring (bicyclic) bond motifs is 1. The Labute approximate surface area is 175 Å². The SMILES string of the molecule is O=S(=O)(c1ccccc1)N1CCOC12CCN(c1ncc3c(n1)CCNC3)CC2F. The van der Waals surface area contributed by atoms with Crippen molar-refractivity contribution in [1.82, 2.24) is 19.6 Å². The third kappa shape index (κ3) is 3.18. The summed E-state index contributed by atoms with van der Waals surface area (Å²) in [6.45, 7) is 2.31. The summed E-state index contributed by atoms with van der Waals surface area (Å²) in [6, 6.07) is 8.13. The van der Waals surface area contributed by atoms with Crippen molar-refractivity contribution in [3.05, 3.63) is 47.8 Å². The van der Waals surface area contributed by atoms with Crippen LogP contribution in [-0.2, 0) is 27.7 Å². The van der Waals surface area contributed by atoms with Gasteiger partial charge in [0, 0.05) is 50.8 Å². The minimum atomic E-state index is -3.86. The standard InChI is InChI=1S/C20H24FN5O3S/c21-18-14-25(19-23-13-15-12-22-8-6-17(15)24-19)9-7-20(18)26(10-11-29-20)30(27,28)16-4-2-1-3-5-16/h1-5,13,18,22H,6-12,14H2. The van der Waals surface area contributed by atoms with Crippen molar-refractivity contribution in [2.45, 2.75) is 36.2 Å². The molecule has 2 atom stereocenters. The van der Waals surface area contributed by atoms with Gasteiger partial charge in [-0.15, -0.1) is 0 Å². The van der Waals surface area contributed by atoms with E-state index < -0.39 is 21.9 Å². The normalized spacial score (nSPS) is 27.4. The van der Waals surface area contributed by atoms with Crippen molar-refractivity contribution in [3.63, 3.8) is 0 Å². The Kier molecular flexibility index (Phi) is 4.97. The third-order valence-corrected chi connectivity index (χ3v) is 8.03. The summed E-state index contributed by atoms with van der Waals surface area (Å²) in [4.78, 5) is 11.0. The first kappa shape index (κ1) is 19.8. The molecule has 2 fully saturated rings. The summed E-state index contributed by atoms with van der Waals surface area (Å²) in [5, 5.41) is 3.28. The number of hydrogen-bond acceptors (Lipinski definition) is 7. The largest absolute Gasteiger partial charge is 0.355 e. The summed E-state index contributed by atoms with van der Waals surface area (Å²) in [5.74, 6) is 0.489. The molecule has 1 aromatic heterocycles. The number of nitrogens with zero attached hydrogens (tertiary/aromatic N) is 4. The van der Waals surface area contributed by atoms with Gasteiger partial charge in [-0.2, -0.15) is 4.31 Å². The highest BCUT2D eigenvalue weighted by atomic mass is 32.2. The van der Waals surface area contributed by atoms with Gasteiger partial charge >= 0.3 is 0 Å². The number of aromatic nitrogens is 2. The first-order valence-electron chi connectivity index (χ1n) is 10.2. The van der Waals surface area contributed by atoms with Crippen molar-refractivity contribution in [2.24, 2.45) is 0 Å². The summed E-state index contributed by atoms with van der Waals surface area (Å²) >= 11 is 0. The van der Waals surface area contributed by atoms with E-state index in [1.807, 2.05) is 0 Å². The van der Waals surface area contributed by atoms with E-state index in [1.54, 1.807) is 29.3 Å². The third-order valence-electron chi connectivity index (χ3n) is 6.09. The van der Waals surface area contributed by atoms with Gasteiger partial charge in [-0.05, 0) is 12.1 Å². The summed E-state index contributed by atoms with van der Waals surface area (Å²) in [7, 11) is -3.86. The van der Waals surface area contributed by atoms with Gasteiger partial charge in [0.1, 0.15) is 0 Å². The van der Waals surface area contributed by atoms with Gasteiger partial charge in [-0.3, -0.25) is 0 Å². The number of alkyl halides is 1. The number of anilines is 1. The lowest BCUT2D eigenvalue weighted by Gasteiger charge is -2.45. The molecule has 10 heteroatoms. The Hall–Kier alpha value is -2.14. The Morgan fingerprint density at radius 3 is 2.87 bits per heavy atom. The minimum Gasteiger partial charge on any atom is -0.355 e. The molecule has 4 heterocycles. The van der Waals surface area contributed by atoms with E-state index in [0.717, 1.165) is 30.8 Å². The number of piperidine rings is 1. The predicted octanol–water partition coefficient (Wildman–Crippen LogP) is 1.09. The second-order valence-electron chi connectivity index (χ2n) is 7.82. The van der Waals surface area contributed by atoms with Crippen LogP contribution in [0, 0.1) is 0 Å². The molecule has 0 amide bonds. The molecule has 1 aromatic carbocycles. The van der Waals surface area contributed by atoms with Crippen molar-refractivity contribution < 1.29 is 17.5 Å². The van der Waals surface area contributed by atoms with Gasteiger partial charge in [0.2, 0.25) is 16.0 Å². The van der Waals surface area contributed by atoms with E-state index in [-0.39, 0.29) is 31.0 Å². The van der Waals surface area contributed by atoms with Crippen LogP contribution in [0.4, 0.5) is 10.3 Å². The van der Waals surface area contributed by atoms with E-state index in [4.69, 9.17) is 4.74 Å². The Morgan fingerprint density at radius 1 is 1.23 bits per heavy atom. The van der Waals surface area contributed by atoms with Crippen LogP contribution < -0.4 is 10.2 Å². The molecule has 3 aliphatic rings. The van der Waals surface area contributed by atoms with E-state index in [9.17, 15) is 8.42 Å². The molecule has 160 valence electrons. The van der Waals surface area contributed by atoms with Crippen molar-refractivity contribution in [2.75, 3.05) is 37.7 Å². The number of nitrogens with one attached hydrogen (secondary N) is 1. The average molecular weight is 434 g/mol. The van der Waals surface area contributed by atoms with Crippen LogP contribution in [0.5, 0.6) is 0 Å². The van der Waals surface area contributed by atoms with Crippen LogP contribution in [0.25, 0.3) is 0 Å². The molecule has 0 saturated carbocycles. The van der Waals surface area contributed by atoms with Crippen LogP contribution in [0.15, 0.2) is 41.4 Å².